The molecule has 2 aliphatic carbocycles. The zero-order chi connectivity index (χ0) is 15.5. The minimum absolute atomic E-state index is 0. The third kappa shape index (κ3) is 4.25. The Morgan fingerprint density at radius 1 is 1.17 bits per heavy atom. The fraction of sp³-hybridized carbons (Fsp3) is 0.611. The molecule has 2 bridgehead atoms. The molecule has 1 amide bonds. The number of hydrogen-bond acceptors (Lipinski definition) is 3. The number of aliphatic hydroxyl groups is 1. The number of halogens is 1. The van der Waals surface area contributed by atoms with E-state index in [-0.39, 0.29) is 30.8 Å². The van der Waals surface area contributed by atoms with E-state index in [2.05, 4.69) is 5.32 Å². The van der Waals surface area contributed by atoms with Gasteiger partial charge in [0.1, 0.15) is 0 Å². The number of carbonyl (C=O) groups is 1. The van der Waals surface area contributed by atoms with E-state index in [9.17, 15) is 4.79 Å². The van der Waals surface area contributed by atoms with Gasteiger partial charge in [0.25, 0.3) is 0 Å². The van der Waals surface area contributed by atoms with Gasteiger partial charge in [0.05, 0.1) is 0 Å². The summed E-state index contributed by atoms with van der Waals surface area (Å²) < 4.78 is 0. The SMILES string of the molecule is Cl.NC1C2CCCC1CC(C(=O)Nc1ccc(CCO)cc1)C2. The predicted molar refractivity (Wildman–Crippen MR) is 94.6 cm³/mol. The molecule has 2 saturated carbocycles. The molecule has 1 aromatic carbocycles. The molecule has 0 saturated heterocycles. The second kappa shape index (κ2) is 8.13. The maximum Gasteiger partial charge on any atom is 0.227 e. The van der Waals surface area contributed by atoms with Crippen LogP contribution in [0.3, 0.4) is 0 Å². The van der Waals surface area contributed by atoms with Crippen molar-refractivity contribution in [2.45, 2.75) is 44.6 Å². The Bertz CT molecular complexity index is 506. The number of amides is 1. The lowest BCUT2D eigenvalue weighted by atomic mass is 9.65. The van der Waals surface area contributed by atoms with E-state index in [1.807, 2.05) is 24.3 Å². The van der Waals surface area contributed by atoms with Crippen LogP contribution >= 0.6 is 12.4 Å². The minimum Gasteiger partial charge on any atom is -0.396 e. The van der Waals surface area contributed by atoms with Crippen molar-refractivity contribution in [1.29, 1.82) is 0 Å². The van der Waals surface area contributed by atoms with Gasteiger partial charge in [0.15, 0.2) is 0 Å². The Hall–Kier alpha value is -1.10. The first-order chi connectivity index (χ1) is 10.7. The first-order valence-electron chi connectivity index (χ1n) is 8.43. The van der Waals surface area contributed by atoms with Gasteiger partial charge in [-0.05, 0) is 61.6 Å². The normalized spacial score (nSPS) is 29.5. The third-order valence-electron chi connectivity index (χ3n) is 5.41. The fourth-order valence-corrected chi connectivity index (χ4v) is 4.13. The Kier molecular flexibility index (Phi) is 6.45. The lowest BCUT2D eigenvalue weighted by Gasteiger charge is -2.43. The highest BCUT2D eigenvalue weighted by Crippen LogP contribution is 2.42. The summed E-state index contributed by atoms with van der Waals surface area (Å²) in [5, 5.41) is 12.0. The molecule has 4 N–H and O–H groups in total. The lowest BCUT2D eigenvalue weighted by molar-refractivity contribution is -0.122. The fourth-order valence-electron chi connectivity index (χ4n) is 4.13. The first kappa shape index (κ1) is 18.2. The van der Waals surface area contributed by atoms with Gasteiger partial charge in [-0.3, -0.25) is 4.79 Å². The lowest BCUT2D eigenvalue weighted by Crippen LogP contribution is -2.48. The summed E-state index contributed by atoms with van der Waals surface area (Å²) in [6.07, 6.45) is 6.15. The van der Waals surface area contributed by atoms with Crippen LogP contribution < -0.4 is 11.1 Å². The summed E-state index contributed by atoms with van der Waals surface area (Å²) in [5.41, 5.74) is 8.21. The monoisotopic (exact) mass is 338 g/mol. The summed E-state index contributed by atoms with van der Waals surface area (Å²) >= 11 is 0. The number of hydrogen-bond donors (Lipinski definition) is 3. The van der Waals surface area contributed by atoms with Gasteiger partial charge in [-0.2, -0.15) is 0 Å². The molecule has 23 heavy (non-hydrogen) atoms. The first-order valence-corrected chi connectivity index (χ1v) is 8.43. The predicted octanol–water partition coefficient (Wildman–Crippen LogP) is 2.74. The highest BCUT2D eigenvalue weighted by Gasteiger charge is 2.40. The van der Waals surface area contributed by atoms with Crippen LogP contribution in [0.2, 0.25) is 0 Å². The van der Waals surface area contributed by atoms with Crippen molar-refractivity contribution >= 4 is 24.0 Å². The highest BCUT2D eigenvalue weighted by molar-refractivity contribution is 5.92. The second-order valence-electron chi connectivity index (χ2n) is 6.86. The second-order valence-corrected chi connectivity index (χ2v) is 6.86. The third-order valence-corrected chi connectivity index (χ3v) is 5.41. The highest BCUT2D eigenvalue weighted by atomic mass is 35.5. The summed E-state index contributed by atoms with van der Waals surface area (Å²) in [5.74, 6) is 1.29. The summed E-state index contributed by atoms with van der Waals surface area (Å²) in [6.45, 7) is 0.150. The molecular formula is C18H27ClN2O2. The summed E-state index contributed by atoms with van der Waals surface area (Å²) in [4.78, 5) is 12.5. The Morgan fingerprint density at radius 2 is 1.78 bits per heavy atom. The molecule has 2 atom stereocenters. The van der Waals surface area contributed by atoms with Crippen molar-refractivity contribution in [2.24, 2.45) is 23.5 Å². The number of anilines is 1. The topological polar surface area (TPSA) is 75.4 Å². The van der Waals surface area contributed by atoms with Crippen molar-refractivity contribution < 1.29 is 9.90 Å². The van der Waals surface area contributed by atoms with Crippen LogP contribution in [-0.2, 0) is 11.2 Å². The maximum absolute atomic E-state index is 12.5. The van der Waals surface area contributed by atoms with Crippen molar-refractivity contribution in [3.05, 3.63) is 29.8 Å². The summed E-state index contributed by atoms with van der Waals surface area (Å²) in [7, 11) is 0. The van der Waals surface area contributed by atoms with E-state index in [4.69, 9.17) is 10.8 Å². The molecule has 5 heteroatoms. The number of benzene rings is 1. The van der Waals surface area contributed by atoms with Crippen LogP contribution in [0, 0.1) is 17.8 Å². The van der Waals surface area contributed by atoms with E-state index >= 15 is 0 Å². The van der Waals surface area contributed by atoms with Crippen molar-refractivity contribution in [3.8, 4) is 0 Å². The number of carbonyl (C=O) groups excluding carboxylic acids is 1. The molecular weight excluding hydrogens is 312 g/mol. The molecule has 2 fully saturated rings. The van der Waals surface area contributed by atoms with Crippen molar-refractivity contribution in [1.82, 2.24) is 0 Å². The van der Waals surface area contributed by atoms with E-state index in [1.54, 1.807) is 0 Å². The van der Waals surface area contributed by atoms with Crippen molar-refractivity contribution in [2.75, 3.05) is 11.9 Å². The zero-order valence-corrected chi connectivity index (χ0v) is 14.2. The zero-order valence-electron chi connectivity index (χ0n) is 13.4. The van der Waals surface area contributed by atoms with Crippen LogP contribution in [0.5, 0.6) is 0 Å². The van der Waals surface area contributed by atoms with Crippen LogP contribution in [0.25, 0.3) is 0 Å². The number of nitrogens with one attached hydrogen (secondary N) is 1. The molecule has 1 aromatic rings. The minimum atomic E-state index is 0. The van der Waals surface area contributed by atoms with Crippen LogP contribution in [0.1, 0.15) is 37.7 Å². The van der Waals surface area contributed by atoms with Crippen LogP contribution in [0.4, 0.5) is 5.69 Å². The molecule has 128 valence electrons. The molecule has 0 aromatic heterocycles. The summed E-state index contributed by atoms with van der Waals surface area (Å²) in [6, 6.07) is 8.04. The molecule has 0 radical (unpaired) electrons. The molecule has 0 aliphatic heterocycles. The van der Waals surface area contributed by atoms with Crippen LogP contribution in [-0.4, -0.2) is 23.7 Å². The van der Waals surface area contributed by atoms with Gasteiger partial charge < -0.3 is 16.2 Å². The van der Waals surface area contributed by atoms with Gasteiger partial charge >= 0.3 is 0 Å². The Balaban J connectivity index is 0.00000192. The molecule has 0 heterocycles. The molecule has 3 rings (SSSR count). The van der Waals surface area contributed by atoms with E-state index in [0.717, 1.165) is 24.1 Å². The van der Waals surface area contributed by atoms with E-state index < -0.39 is 0 Å². The molecule has 4 nitrogen and oxygen atoms in total. The molecule has 0 spiro atoms. The van der Waals surface area contributed by atoms with Gasteiger partial charge in [0.2, 0.25) is 5.91 Å². The van der Waals surface area contributed by atoms with Gasteiger partial charge in [-0.1, -0.05) is 18.6 Å². The van der Waals surface area contributed by atoms with Gasteiger partial charge in [-0.25, -0.2) is 0 Å². The van der Waals surface area contributed by atoms with Crippen LogP contribution in [0.15, 0.2) is 24.3 Å². The van der Waals surface area contributed by atoms with E-state index in [0.29, 0.717) is 24.3 Å². The quantitative estimate of drug-likeness (QED) is 0.790. The largest absolute Gasteiger partial charge is 0.396 e. The average Bonchev–Trinajstić information content (AvgIpc) is 2.49. The molecule has 2 aliphatic rings. The standard InChI is InChI=1S/C18H26N2O2.ClH/c19-17-13-2-1-3-14(17)11-15(10-13)18(22)20-16-6-4-12(5-7-16)8-9-21;/h4-7,13-15,17,21H,1-3,8-11,19H2,(H,20,22);1H. The van der Waals surface area contributed by atoms with E-state index in [1.165, 1.54) is 19.3 Å². The van der Waals surface area contributed by atoms with Gasteiger partial charge in [0, 0.05) is 24.3 Å². The maximum atomic E-state index is 12.5. The number of fused-ring (bicyclic) bond motifs is 2. The molecule has 2 unspecified atom stereocenters. The number of nitrogens with two attached hydrogens (primary N) is 1. The smallest absolute Gasteiger partial charge is 0.227 e. The average molecular weight is 339 g/mol. The van der Waals surface area contributed by atoms with Crippen molar-refractivity contribution in [3.63, 3.8) is 0 Å². The number of rotatable bonds is 4. The van der Waals surface area contributed by atoms with Gasteiger partial charge in [-0.15, -0.1) is 12.4 Å². The number of aliphatic hydroxyl groups excluding tert-OH is 1. The Morgan fingerprint density at radius 3 is 2.35 bits per heavy atom. The Labute approximate surface area is 144 Å².